The third-order valence-electron chi connectivity index (χ3n) is 5.58. The summed E-state index contributed by atoms with van der Waals surface area (Å²) in [6.07, 6.45) is 1.51. The van der Waals surface area contributed by atoms with Crippen LogP contribution >= 0.6 is 11.3 Å². The Kier molecular flexibility index (Phi) is 9.36. The summed E-state index contributed by atoms with van der Waals surface area (Å²) in [6, 6.07) is 10.7. The molecule has 188 valence electrons. The molecular formula is C24H28N8O3S. The molecule has 0 aliphatic carbocycles. The molecule has 1 saturated heterocycles. The van der Waals surface area contributed by atoms with E-state index < -0.39 is 5.91 Å². The average Bonchev–Trinajstić information content (AvgIpc) is 3.18. The third kappa shape index (κ3) is 6.79. The van der Waals surface area contributed by atoms with Crippen molar-refractivity contribution in [3.8, 4) is 12.1 Å². The highest BCUT2D eigenvalue weighted by atomic mass is 32.1. The summed E-state index contributed by atoms with van der Waals surface area (Å²) in [6.45, 7) is 5.67. The predicted molar refractivity (Wildman–Crippen MR) is 138 cm³/mol. The number of hydrogen-bond acceptors (Lipinski definition) is 9. The lowest BCUT2D eigenvalue weighted by atomic mass is 10.2. The Morgan fingerprint density at radius 2 is 1.89 bits per heavy atom. The Morgan fingerprint density at radius 1 is 1.17 bits per heavy atom. The van der Waals surface area contributed by atoms with Crippen LogP contribution in [0.1, 0.15) is 6.92 Å². The minimum Gasteiger partial charge on any atom is -0.360 e. The van der Waals surface area contributed by atoms with Gasteiger partial charge in [-0.15, -0.1) is 11.3 Å². The highest BCUT2D eigenvalue weighted by Gasteiger charge is 2.17. The maximum absolute atomic E-state index is 12.9. The molecule has 2 aromatic rings. The van der Waals surface area contributed by atoms with E-state index in [-0.39, 0.29) is 34.8 Å². The fourth-order valence-electron chi connectivity index (χ4n) is 3.64. The van der Waals surface area contributed by atoms with Gasteiger partial charge in [0.2, 0.25) is 5.91 Å². The minimum atomic E-state index is -0.706. The summed E-state index contributed by atoms with van der Waals surface area (Å²) in [5, 5.41) is 26.5. The Bertz CT molecular complexity index is 1370. The normalized spacial score (nSPS) is 15.5. The predicted octanol–water partition coefficient (Wildman–Crippen LogP) is -0.720. The first kappa shape index (κ1) is 26.6. The van der Waals surface area contributed by atoms with Crippen molar-refractivity contribution < 1.29 is 9.59 Å². The number of aromatic nitrogens is 1. The molecule has 0 atom stereocenters. The summed E-state index contributed by atoms with van der Waals surface area (Å²) in [5.74, 6) is -0.800. The van der Waals surface area contributed by atoms with Gasteiger partial charge in [0.05, 0.1) is 12.6 Å². The van der Waals surface area contributed by atoms with Crippen LogP contribution in [0.15, 0.2) is 29.1 Å². The van der Waals surface area contributed by atoms with Crippen LogP contribution in [0, 0.1) is 22.7 Å². The summed E-state index contributed by atoms with van der Waals surface area (Å²) in [7, 11) is 2.07. The number of benzene rings is 1. The molecule has 0 bridgehead atoms. The molecule has 11 nitrogen and oxygen atoms in total. The zero-order valence-corrected chi connectivity index (χ0v) is 21.0. The van der Waals surface area contributed by atoms with Gasteiger partial charge in [0, 0.05) is 50.3 Å². The molecule has 0 spiro atoms. The molecule has 0 unspecified atom stereocenters. The van der Waals surface area contributed by atoms with Crippen molar-refractivity contribution in [3.05, 3.63) is 43.8 Å². The van der Waals surface area contributed by atoms with Crippen LogP contribution < -0.4 is 30.7 Å². The van der Waals surface area contributed by atoms with Crippen molar-refractivity contribution >= 4 is 46.3 Å². The average molecular weight is 509 g/mol. The molecule has 1 aromatic carbocycles. The fraction of sp³-hybridized carbons (Fsp3) is 0.375. The molecule has 0 radical (unpaired) electrons. The Labute approximate surface area is 212 Å². The number of rotatable bonds is 8. The second-order valence-electron chi connectivity index (χ2n) is 8.15. The number of nitriles is 2. The molecular weight excluding hydrogens is 480 g/mol. The van der Waals surface area contributed by atoms with E-state index in [0.29, 0.717) is 22.5 Å². The van der Waals surface area contributed by atoms with Gasteiger partial charge in [0.1, 0.15) is 21.8 Å². The third-order valence-corrected chi connectivity index (χ3v) is 6.71. The number of likely N-dealkylation sites (N-methyl/N-ethyl adjacent to an activating group) is 1. The summed E-state index contributed by atoms with van der Waals surface area (Å²) in [4.78, 5) is 41.9. The Morgan fingerprint density at radius 3 is 2.56 bits per heavy atom. The van der Waals surface area contributed by atoms with E-state index in [1.54, 1.807) is 37.3 Å². The number of carbonyl (C=O) groups excluding carboxylic acids is 2. The minimum absolute atomic E-state index is 0.0938. The lowest BCUT2D eigenvalue weighted by Crippen LogP contribution is -2.47. The van der Waals surface area contributed by atoms with E-state index in [2.05, 4.69) is 32.8 Å². The van der Waals surface area contributed by atoms with E-state index in [1.807, 2.05) is 6.07 Å². The molecule has 0 saturated carbocycles. The molecule has 12 heteroatoms. The number of hydrogen-bond donors (Lipinski definition) is 3. The van der Waals surface area contributed by atoms with Gasteiger partial charge < -0.3 is 20.9 Å². The maximum Gasteiger partial charge on any atom is 0.270 e. The number of anilines is 2. The zero-order chi connectivity index (χ0) is 26.1. The largest absolute Gasteiger partial charge is 0.360 e. The molecule has 1 aromatic heterocycles. The van der Waals surface area contributed by atoms with Crippen LogP contribution in [0.3, 0.4) is 0 Å². The Hall–Kier alpha value is -3.97. The lowest BCUT2D eigenvalue weighted by Gasteiger charge is -2.31. The van der Waals surface area contributed by atoms with E-state index in [0.717, 1.165) is 37.5 Å². The summed E-state index contributed by atoms with van der Waals surface area (Å²) >= 11 is 1.01. The molecule has 1 aliphatic rings. The number of piperazine rings is 1. The van der Waals surface area contributed by atoms with Gasteiger partial charge in [-0.25, -0.2) is 0 Å². The smallest absolute Gasteiger partial charge is 0.270 e. The van der Waals surface area contributed by atoms with E-state index in [4.69, 9.17) is 5.26 Å². The van der Waals surface area contributed by atoms with Crippen molar-refractivity contribution in [2.24, 2.45) is 0 Å². The van der Waals surface area contributed by atoms with Crippen LogP contribution in [0.5, 0.6) is 0 Å². The van der Waals surface area contributed by atoms with Crippen LogP contribution in [-0.4, -0.2) is 72.5 Å². The summed E-state index contributed by atoms with van der Waals surface area (Å²) in [5.41, 5.74) is 0.710. The zero-order valence-electron chi connectivity index (χ0n) is 20.2. The molecule has 1 fully saturated rings. The van der Waals surface area contributed by atoms with Gasteiger partial charge in [-0.3, -0.25) is 23.9 Å². The molecule has 3 rings (SSSR count). The van der Waals surface area contributed by atoms with Crippen molar-refractivity contribution in [1.82, 2.24) is 19.7 Å². The van der Waals surface area contributed by atoms with Crippen LogP contribution in [0.2, 0.25) is 0 Å². The van der Waals surface area contributed by atoms with Gasteiger partial charge in [-0.1, -0.05) is 6.07 Å². The number of nitrogens with zero attached hydrogens (tertiary/aromatic N) is 5. The quantitative estimate of drug-likeness (QED) is 0.396. The number of nitrogens with one attached hydrogen (secondary N) is 3. The standard InChI is InChI=1S/C24H28N8O3S/c1-3-32-23(35)20(36-24(32)19(14-26)22(34)27-8-7-25)15-28-17-5-4-6-18(13-17)29-21(33)16-31-11-9-30(2)10-12-31/h4-6,13,15,28H,3,8-12,16H2,1-2H3,(H,27,34)(H,29,33). The van der Waals surface area contributed by atoms with Crippen molar-refractivity contribution in [2.45, 2.75) is 13.5 Å². The van der Waals surface area contributed by atoms with Crippen molar-refractivity contribution in [3.63, 3.8) is 0 Å². The maximum atomic E-state index is 12.9. The van der Waals surface area contributed by atoms with E-state index in [9.17, 15) is 19.6 Å². The first-order valence-electron chi connectivity index (χ1n) is 11.4. The second kappa shape index (κ2) is 12.7. The van der Waals surface area contributed by atoms with Gasteiger partial charge in [-0.05, 0) is 32.2 Å². The topological polar surface area (TPSA) is 146 Å². The van der Waals surface area contributed by atoms with Gasteiger partial charge in [0.25, 0.3) is 11.5 Å². The van der Waals surface area contributed by atoms with Gasteiger partial charge >= 0.3 is 0 Å². The Balaban J connectivity index is 1.77. The van der Waals surface area contributed by atoms with Gasteiger partial charge in [0.15, 0.2) is 5.57 Å². The summed E-state index contributed by atoms with van der Waals surface area (Å²) < 4.78 is 1.87. The monoisotopic (exact) mass is 508 g/mol. The SMILES string of the molecule is CCn1c(=C(C#N)C(=O)NCC#N)sc(=CNc2cccc(NC(=O)CN3CCN(C)CC3)c2)c1=O. The van der Waals surface area contributed by atoms with Crippen LogP contribution in [0.4, 0.5) is 11.4 Å². The van der Waals surface area contributed by atoms with Crippen molar-refractivity contribution in [1.29, 1.82) is 10.5 Å². The molecule has 1 aliphatic heterocycles. The van der Waals surface area contributed by atoms with E-state index >= 15 is 0 Å². The highest BCUT2D eigenvalue weighted by molar-refractivity contribution is 7.07. The van der Waals surface area contributed by atoms with Crippen molar-refractivity contribution in [2.75, 3.05) is 56.9 Å². The molecule has 36 heavy (non-hydrogen) atoms. The number of amides is 2. The van der Waals surface area contributed by atoms with Crippen LogP contribution in [-0.2, 0) is 16.1 Å². The first-order valence-corrected chi connectivity index (χ1v) is 12.2. The van der Waals surface area contributed by atoms with Gasteiger partial charge in [-0.2, -0.15) is 10.5 Å². The number of thiazole rings is 1. The fourth-order valence-corrected chi connectivity index (χ4v) is 4.73. The second-order valence-corrected chi connectivity index (χ2v) is 9.18. The molecule has 2 heterocycles. The van der Waals surface area contributed by atoms with E-state index in [1.165, 1.54) is 10.8 Å². The number of carbonyl (C=O) groups is 2. The molecule has 3 N–H and O–H groups in total. The highest BCUT2D eigenvalue weighted by Crippen LogP contribution is 2.15. The van der Waals surface area contributed by atoms with Crippen LogP contribution in [0.25, 0.3) is 11.8 Å². The lowest BCUT2D eigenvalue weighted by molar-refractivity contribution is -0.117. The first-order chi connectivity index (χ1) is 17.4. The molecule has 2 amide bonds.